The van der Waals surface area contributed by atoms with E-state index in [2.05, 4.69) is 5.32 Å². The number of nitrogens with one attached hydrogen (secondary N) is 1. The maximum absolute atomic E-state index is 12.2. The average Bonchev–Trinajstić information content (AvgIpc) is 2.42. The molecule has 19 heavy (non-hydrogen) atoms. The summed E-state index contributed by atoms with van der Waals surface area (Å²) in [4.78, 5) is 12.2. The standard InChI is InChI=1S/C15H20ClNO2/c1-10-3-4-11(9-14(10)19-2)15(18)17-13-7-5-12(16)6-8-13/h3-4,9,12-13H,5-8H2,1-2H3,(H,17,18). The van der Waals surface area contributed by atoms with Gasteiger partial charge in [-0.3, -0.25) is 4.79 Å². The molecule has 1 N–H and O–H groups in total. The topological polar surface area (TPSA) is 38.3 Å². The highest BCUT2D eigenvalue weighted by Crippen LogP contribution is 2.24. The van der Waals surface area contributed by atoms with Gasteiger partial charge in [0.1, 0.15) is 5.75 Å². The van der Waals surface area contributed by atoms with Gasteiger partial charge in [0.05, 0.1) is 7.11 Å². The van der Waals surface area contributed by atoms with Gasteiger partial charge in [0, 0.05) is 17.0 Å². The van der Waals surface area contributed by atoms with Crippen LogP contribution in [-0.4, -0.2) is 24.4 Å². The Balaban J connectivity index is 2.00. The molecule has 0 heterocycles. The molecule has 1 aromatic rings. The fraction of sp³-hybridized carbons (Fsp3) is 0.533. The highest BCUT2D eigenvalue weighted by Gasteiger charge is 2.21. The van der Waals surface area contributed by atoms with Gasteiger partial charge in [-0.25, -0.2) is 0 Å². The van der Waals surface area contributed by atoms with E-state index in [9.17, 15) is 4.79 Å². The van der Waals surface area contributed by atoms with Crippen LogP contribution < -0.4 is 10.1 Å². The van der Waals surface area contributed by atoms with Gasteiger partial charge in [-0.15, -0.1) is 11.6 Å². The van der Waals surface area contributed by atoms with E-state index in [0.717, 1.165) is 37.0 Å². The Hall–Kier alpha value is -1.22. The second-order valence-electron chi connectivity index (χ2n) is 5.11. The zero-order chi connectivity index (χ0) is 13.8. The number of carbonyl (C=O) groups excluding carboxylic acids is 1. The third kappa shape index (κ3) is 3.63. The number of alkyl halides is 1. The Morgan fingerprint density at radius 3 is 2.63 bits per heavy atom. The molecule has 0 atom stereocenters. The van der Waals surface area contributed by atoms with Gasteiger partial charge in [0.25, 0.3) is 5.91 Å². The number of benzene rings is 1. The van der Waals surface area contributed by atoms with Crippen molar-refractivity contribution in [2.75, 3.05) is 7.11 Å². The predicted molar refractivity (Wildman–Crippen MR) is 77.1 cm³/mol. The van der Waals surface area contributed by atoms with Crippen LogP contribution in [0, 0.1) is 6.92 Å². The number of aryl methyl sites for hydroxylation is 1. The quantitative estimate of drug-likeness (QED) is 0.864. The van der Waals surface area contributed by atoms with Crippen LogP contribution in [0.2, 0.25) is 0 Å². The van der Waals surface area contributed by atoms with E-state index < -0.39 is 0 Å². The molecule has 2 rings (SSSR count). The molecule has 1 fully saturated rings. The van der Waals surface area contributed by atoms with Gasteiger partial charge in [-0.05, 0) is 50.3 Å². The van der Waals surface area contributed by atoms with Gasteiger partial charge >= 0.3 is 0 Å². The van der Waals surface area contributed by atoms with Crippen molar-refractivity contribution in [2.24, 2.45) is 0 Å². The molecule has 0 aliphatic heterocycles. The number of ether oxygens (including phenoxy) is 1. The molecular weight excluding hydrogens is 262 g/mol. The number of rotatable bonds is 3. The second-order valence-corrected chi connectivity index (χ2v) is 5.72. The lowest BCUT2D eigenvalue weighted by Gasteiger charge is -2.25. The molecule has 0 aromatic heterocycles. The molecule has 0 radical (unpaired) electrons. The summed E-state index contributed by atoms with van der Waals surface area (Å²) in [6.45, 7) is 1.96. The minimum absolute atomic E-state index is 0.0312. The minimum atomic E-state index is -0.0312. The fourth-order valence-electron chi connectivity index (χ4n) is 2.43. The van der Waals surface area contributed by atoms with Gasteiger partial charge in [0.15, 0.2) is 0 Å². The van der Waals surface area contributed by atoms with E-state index in [4.69, 9.17) is 16.3 Å². The lowest BCUT2D eigenvalue weighted by atomic mass is 9.95. The van der Waals surface area contributed by atoms with Crippen LogP contribution in [0.3, 0.4) is 0 Å². The first kappa shape index (κ1) is 14.2. The molecule has 3 nitrogen and oxygen atoms in total. The summed E-state index contributed by atoms with van der Waals surface area (Å²) in [6, 6.07) is 5.77. The van der Waals surface area contributed by atoms with E-state index in [1.54, 1.807) is 13.2 Å². The largest absolute Gasteiger partial charge is 0.496 e. The molecule has 1 saturated carbocycles. The molecule has 1 aliphatic rings. The van der Waals surface area contributed by atoms with Crippen molar-refractivity contribution in [3.63, 3.8) is 0 Å². The van der Waals surface area contributed by atoms with Crippen molar-refractivity contribution in [1.29, 1.82) is 0 Å². The number of hydrogen-bond donors (Lipinski definition) is 1. The third-order valence-corrected chi connectivity index (χ3v) is 4.10. The first-order valence-electron chi connectivity index (χ1n) is 6.69. The molecule has 0 spiro atoms. The summed E-state index contributed by atoms with van der Waals surface area (Å²) in [5.41, 5.74) is 1.68. The number of halogens is 1. The van der Waals surface area contributed by atoms with Gasteiger partial charge in [0.2, 0.25) is 0 Å². The monoisotopic (exact) mass is 281 g/mol. The Bertz CT molecular complexity index is 453. The highest BCUT2D eigenvalue weighted by atomic mass is 35.5. The highest BCUT2D eigenvalue weighted by molar-refractivity contribution is 6.20. The number of amides is 1. The summed E-state index contributed by atoms with van der Waals surface area (Å²) in [5, 5.41) is 3.34. The molecule has 0 saturated heterocycles. The van der Waals surface area contributed by atoms with Crippen LogP contribution in [0.25, 0.3) is 0 Å². The lowest BCUT2D eigenvalue weighted by Crippen LogP contribution is -2.37. The summed E-state index contributed by atoms with van der Waals surface area (Å²) in [7, 11) is 1.62. The van der Waals surface area contributed by atoms with Gasteiger partial charge < -0.3 is 10.1 Å². The second kappa shape index (κ2) is 6.29. The molecule has 1 aromatic carbocycles. The molecular formula is C15H20ClNO2. The van der Waals surface area contributed by atoms with Crippen LogP contribution in [0.4, 0.5) is 0 Å². The third-order valence-electron chi connectivity index (χ3n) is 3.66. The van der Waals surface area contributed by atoms with Crippen LogP contribution >= 0.6 is 11.6 Å². The molecule has 104 valence electrons. The van der Waals surface area contributed by atoms with E-state index in [-0.39, 0.29) is 17.3 Å². The van der Waals surface area contributed by atoms with E-state index in [1.807, 2.05) is 19.1 Å². The summed E-state index contributed by atoms with van der Waals surface area (Å²) in [5.74, 6) is 0.716. The molecule has 4 heteroatoms. The van der Waals surface area contributed by atoms with Crippen molar-refractivity contribution in [3.05, 3.63) is 29.3 Å². The first-order chi connectivity index (χ1) is 9.10. The Kier molecular flexibility index (Phi) is 4.70. The fourth-order valence-corrected chi connectivity index (χ4v) is 2.68. The smallest absolute Gasteiger partial charge is 0.251 e. The van der Waals surface area contributed by atoms with Crippen LogP contribution in [0.15, 0.2) is 18.2 Å². The summed E-state index contributed by atoms with van der Waals surface area (Å²) in [6.07, 6.45) is 3.87. The lowest BCUT2D eigenvalue weighted by molar-refractivity contribution is 0.0927. The predicted octanol–water partition coefficient (Wildman–Crippen LogP) is 3.28. The van der Waals surface area contributed by atoms with Crippen LogP contribution in [0.1, 0.15) is 41.6 Å². The Morgan fingerprint density at radius 1 is 1.32 bits per heavy atom. The SMILES string of the molecule is COc1cc(C(=O)NC2CCC(Cl)CC2)ccc1C. The normalized spacial score (nSPS) is 22.9. The van der Waals surface area contributed by atoms with Crippen molar-refractivity contribution in [1.82, 2.24) is 5.32 Å². The van der Waals surface area contributed by atoms with Crippen molar-refractivity contribution >= 4 is 17.5 Å². The van der Waals surface area contributed by atoms with Crippen LogP contribution in [0.5, 0.6) is 5.75 Å². The summed E-state index contributed by atoms with van der Waals surface area (Å²) >= 11 is 6.06. The molecule has 0 unspecified atom stereocenters. The zero-order valence-electron chi connectivity index (χ0n) is 11.4. The van der Waals surface area contributed by atoms with Gasteiger partial charge in [-0.1, -0.05) is 6.07 Å². The number of methoxy groups -OCH3 is 1. The number of carbonyl (C=O) groups is 1. The van der Waals surface area contributed by atoms with Crippen molar-refractivity contribution in [3.8, 4) is 5.75 Å². The average molecular weight is 282 g/mol. The van der Waals surface area contributed by atoms with E-state index >= 15 is 0 Å². The maximum Gasteiger partial charge on any atom is 0.251 e. The van der Waals surface area contributed by atoms with Crippen LogP contribution in [-0.2, 0) is 0 Å². The summed E-state index contributed by atoms with van der Waals surface area (Å²) < 4.78 is 5.24. The maximum atomic E-state index is 12.2. The molecule has 0 bridgehead atoms. The van der Waals surface area contributed by atoms with E-state index in [0.29, 0.717) is 5.56 Å². The van der Waals surface area contributed by atoms with E-state index in [1.165, 1.54) is 0 Å². The Morgan fingerprint density at radius 2 is 2.00 bits per heavy atom. The Labute approximate surface area is 119 Å². The zero-order valence-corrected chi connectivity index (χ0v) is 12.2. The minimum Gasteiger partial charge on any atom is -0.496 e. The molecule has 1 amide bonds. The van der Waals surface area contributed by atoms with Crippen molar-refractivity contribution < 1.29 is 9.53 Å². The first-order valence-corrected chi connectivity index (χ1v) is 7.13. The molecule has 1 aliphatic carbocycles. The number of hydrogen-bond acceptors (Lipinski definition) is 2. The van der Waals surface area contributed by atoms with Crippen molar-refractivity contribution in [2.45, 2.75) is 44.0 Å². The van der Waals surface area contributed by atoms with Gasteiger partial charge in [-0.2, -0.15) is 0 Å².